The van der Waals surface area contributed by atoms with E-state index in [9.17, 15) is 0 Å². The van der Waals surface area contributed by atoms with Crippen molar-refractivity contribution in [2.24, 2.45) is 5.73 Å². The molecular weight excluding hydrogens is 316 g/mol. The Balaban J connectivity index is 2.20. The van der Waals surface area contributed by atoms with Crippen LogP contribution in [0.5, 0.6) is 5.75 Å². The third kappa shape index (κ3) is 4.32. The van der Waals surface area contributed by atoms with Gasteiger partial charge in [-0.3, -0.25) is 0 Å². The highest BCUT2D eigenvalue weighted by molar-refractivity contribution is 7.80. The predicted octanol–water partition coefficient (Wildman–Crippen LogP) is 4.11. The average Bonchev–Trinajstić information content (AvgIpc) is 2.52. The van der Waals surface area contributed by atoms with Crippen molar-refractivity contribution in [3.05, 3.63) is 70.3 Å². The van der Waals surface area contributed by atoms with Gasteiger partial charge in [0.25, 0.3) is 0 Å². The van der Waals surface area contributed by atoms with Gasteiger partial charge in [-0.25, -0.2) is 0 Å². The minimum atomic E-state index is 0.0648. The number of rotatable bonds is 5. The van der Waals surface area contributed by atoms with E-state index in [1.807, 2.05) is 54.6 Å². The van der Waals surface area contributed by atoms with Crippen molar-refractivity contribution in [3.8, 4) is 11.8 Å². The fourth-order valence-corrected chi connectivity index (χ4v) is 2.02. The average molecular weight is 329 g/mol. The Labute approximate surface area is 139 Å². The van der Waals surface area contributed by atoms with Crippen molar-refractivity contribution in [1.82, 2.24) is 0 Å². The number of para-hydroxylation sites is 1. The summed E-state index contributed by atoms with van der Waals surface area (Å²) in [4.78, 5) is 0.0648. The maximum absolute atomic E-state index is 9.04. The van der Waals surface area contributed by atoms with Crippen molar-refractivity contribution < 1.29 is 4.74 Å². The van der Waals surface area contributed by atoms with Crippen LogP contribution in [0.4, 0.5) is 0 Å². The topological polar surface area (TPSA) is 59.0 Å². The Hall–Kier alpha value is -2.35. The second kappa shape index (κ2) is 7.60. The van der Waals surface area contributed by atoms with E-state index in [1.54, 1.807) is 6.08 Å². The summed E-state index contributed by atoms with van der Waals surface area (Å²) in [7, 11) is 0. The predicted molar refractivity (Wildman–Crippen MR) is 92.6 cm³/mol. The monoisotopic (exact) mass is 328 g/mol. The van der Waals surface area contributed by atoms with E-state index in [2.05, 4.69) is 0 Å². The highest BCUT2D eigenvalue weighted by Gasteiger charge is 2.05. The second-order valence-electron chi connectivity index (χ2n) is 4.49. The van der Waals surface area contributed by atoms with Crippen LogP contribution in [0.3, 0.4) is 0 Å². The van der Waals surface area contributed by atoms with Crippen molar-refractivity contribution in [2.75, 3.05) is 0 Å². The number of halogens is 1. The maximum atomic E-state index is 9.04. The van der Waals surface area contributed by atoms with E-state index < -0.39 is 0 Å². The van der Waals surface area contributed by atoms with Crippen LogP contribution in [0, 0.1) is 11.3 Å². The Kier molecular flexibility index (Phi) is 5.54. The molecule has 2 N–H and O–H groups in total. The van der Waals surface area contributed by atoms with E-state index in [1.165, 1.54) is 0 Å². The van der Waals surface area contributed by atoms with E-state index >= 15 is 0 Å². The Morgan fingerprint density at radius 3 is 2.55 bits per heavy atom. The minimum absolute atomic E-state index is 0.0648. The lowest BCUT2D eigenvalue weighted by molar-refractivity contribution is 0.305. The number of ether oxygens (including phenoxy) is 1. The van der Waals surface area contributed by atoms with E-state index in [0.717, 1.165) is 11.1 Å². The zero-order valence-corrected chi connectivity index (χ0v) is 13.2. The first-order valence-corrected chi connectivity index (χ1v) is 7.26. The van der Waals surface area contributed by atoms with Crippen LogP contribution in [-0.2, 0) is 6.61 Å². The second-order valence-corrected chi connectivity index (χ2v) is 5.36. The molecule has 0 atom stereocenters. The van der Waals surface area contributed by atoms with E-state index in [4.69, 9.17) is 39.6 Å². The molecule has 5 heteroatoms. The Bertz CT molecular complexity index is 748. The van der Waals surface area contributed by atoms with Crippen LogP contribution in [-0.4, -0.2) is 4.99 Å². The summed E-state index contributed by atoms with van der Waals surface area (Å²) in [6.45, 7) is 0.400. The summed E-state index contributed by atoms with van der Waals surface area (Å²) >= 11 is 10.7. The van der Waals surface area contributed by atoms with Crippen LogP contribution in [0.2, 0.25) is 5.02 Å². The van der Waals surface area contributed by atoms with Crippen molar-refractivity contribution in [3.63, 3.8) is 0 Å². The first-order chi connectivity index (χ1) is 10.6. The molecule has 0 saturated heterocycles. The molecule has 22 heavy (non-hydrogen) atoms. The molecule has 0 radical (unpaired) electrons. The van der Waals surface area contributed by atoms with Gasteiger partial charge in [0.05, 0.1) is 5.57 Å². The normalized spacial score (nSPS) is 10.8. The smallest absolute Gasteiger partial charge is 0.127 e. The van der Waals surface area contributed by atoms with Gasteiger partial charge in [0.2, 0.25) is 0 Å². The zero-order chi connectivity index (χ0) is 15.9. The molecule has 0 fully saturated rings. The van der Waals surface area contributed by atoms with Gasteiger partial charge in [-0.15, -0.1) is 0 Å². The molecule has 2 aromatic rings. The molecule has 0 aliphatic heterocycles. The van der Waals surface area contributed by atoms with Gasteiger partial charge >= 0.3 is 0 Å². The van der Waals surface area contributed by atoms with Gasteiger partial charge in [0.15, 0.2) is 0 Å². The van der Waals surface area contributed by atoms with Crippen LogP contribution >= 0.6 is 23.8 Å². The number of thiocarbonyl (C=S) groups is 1. The summed E-state index contributed by atoms with van der Waals surface area (Å²) < 4.78 is 5.81. The number of hydrogen-bond donors (Lipinski definition) is 1. The summed E-state index contributed by atoms with van der Waals surface area (Å²) in [6, 6.07) is 16.8. The lowest BCUT2D eigenvalue weighted by atomic mass is 10.1. The third-order valence-corrected chi connectivity index (χ3v) is 3.38. The van der Waals surface area contributed by atoms with Gasteiger partial charge < -0.3 is 10.5 Å². The number of nitriles is 1. The summed E-state index contributed by atoms with van der Waals surface area (Å²) in [6.07, 6.45) is 1.62. The van der Waals surface area contributed by atoms with Crippen LogP contribution < -0.4 is 10.5 Å². The molecule has 0 bridgehead atoms. The summed E-state index contributed by atoms with van der Waals surface area (Å²) in [5.74, 6) is 0.654. The first-order valence-electron chi connectivity index (χ1n) is 6.48. The van der Waals surface area contributed by atoms with Crippen molar-refractivity contribution in [1.29, 1.82) is 5.26 Å². The van der Waals surface area contributed by atoms with Gasteiger partial charge in [-0.05, 0) is 29.8 Å². The van der Waals surface area contributed by atoms with Gasteiger partial charge in [0, 0.05) is 10.6 Å². The van der Waals surface area contributed by atoms with E-state index in [0.29, 0.717) is 17.4 Å². The molecule has 3 nitrogen and oxygen atoms in total. The SMILES string of the molecule is N#C/C(=C/c1ccccc1OCc1ccc(Cl)cc1)C(N)=S. The molecule has 2 aromatic carbocycles. The first kappa shape index (κ1) is 16.0. The largest absolute Gasteiger partial charge is 0.488 e. The number of benzene rings is 2. The number of nitrogens with zero attached hydrogens (tertiary/aromatic N) is 1. The van der Waals surface area contributed by atoms with Crippen LogP contribution in [0.1, 0.15) is 11.1 Å². The van der Waals surface area contributed by atoms with Crippen molar-refractivity contribution >= 4 is 34.9 Å². The van der Waals surface area contributed by atoms with Gasteiger partial charge in [-0.1, -0.05) is 54.2 Å². The van der Waals surface area contributed by atoms with E-state index in [-0.39, 0.29) is 10.6 Å². The van der Waals surface area contributed by atoms with Crippen molar-refractivity contribution in [2.45, 2.75) is 6.61 Å². The highest BCUT2D eigenvalue weighted by Crippen LogP contribution is 2.22. The van der Waals surface area contributed by atoms with Crippen LogP contribution in [0.15, 0.2) is 54.1 Å². The molecule has 110 valence electrons. The fraction of sp³-hybridized carbons (Fsp3) is 0.0588. The number of hydrogen-bond acceptors (Lipinski definition) is 3. The zero-order valence-electron chi connectivity index (χ0n) is 11.6. The fourth-order valence-electron chi connectivity index (χ4n) is 1.79. The molecule has 0 aliphatic carbocycles. The molecule has 2 rings (SSSR count). The molecule has 0 spiro atoms. The molecule has 0 aromatic heterocycles. The molecule has 0 unspecified atom stereocenters. The quantitative estimate of drug-likeness (QED) is 0.509. The van der Waals surface area contributed by atoms with Gasteiger partial charge in [0.1, 0.15) is 23.4 Å². The molecular formula is C17H13ClN2OS. The Morgan fingerprint density at radius 2 is 1.91 bits per heavy atom. The maximum Gasteiger partial charge on any atom is 0.127 e. The standard InChI is InChI=1S/C17H13ClN2OS/c18-15-7-5-12(6-8-15)11-21-16-4-2-1-3-13(16)9-14(10-19)17(20)22/h1-9H,11H2,(H2,20,22)/b14-9-. The Morgan fingerprint density at radius 1 is 1.23 bits per heavy atom. The lowest BCUT2D eigenvalue weighted by Gasteiger charge is -2.09. The third-order valence-electron chi connectivity index (χ3n) is 2.91. The minimum Gasteiger partial charge on any atom is -0.488 e. The summed E-state index contributed by atoms with van der Waals surface area (Å²) in [5.41, 5.74) is 7.51. The highest BCUT2D eigenvalue weighted by atomic mass is 35.5. The lowest BCUT2D eigenvalue weighted by Crippen LogP contribution is -2.09. The summed E-state index contributed by atoms with van der Waals surface area (Å²) in [5, 5.41) is 9.73. The number of nitrogens with two attached hydrogens (primary N) is 1. The van der Waals surface area contributed by atoms with Crippen LogP contribution in [0.25, 0.3) is 6.08 Å². The molecule has 0 saturated carbocycles. The molecule has 0 amide bonds. The van der Waals surface area contributed by atoms with Gasteiger partial charge in [-0.2, -0.15) is 5.26 Å². The molecule has 0 heterocycles. The molecule has 0 aliphatic rings.